The molecule has 1 N–H and O–H groups in total. The van der Waals surface area contributed by atoms with Crippen molar-refractivity contribution >= 4 is 11.9 Å². The molecule has 0 aliphatic carbocycles. The van der Waals surface area contributed by atoms with E-state index < -0.39 is 23.6 Å². The molecule has 6 nitrogen and oxygen atoms in total. The summed E-state index contributed by atoms with van der Waals surface area (Å²) < 4.78 is 13.5. The average molecular weight is 371 g/mol. The molecule has 0 radical (unpaired) electrons. The van der Waals surface area contributed by atoms with Crippen molar-refractivity contribution in [3.63, 3.8) is 0 Å². The minimum Gasteiger partial charge on any atom is -0.481 e. The van der Waals surface area contributed by atoms with E-state index in [0.717, 1.165) is 5.56 Å². The van der Waals surface area contributed by atoms with Crippen molar-refractivity contribution in [2.75, 3.05) is 26.7 Å². The van der Waals surface area contributed by atoms with Crippen LogP contribution in [0.4, 0.5) is 4.39 Å². The lowest BCUT2D eigenvalue weighted by molar-refractivity contribution is -0.141. The molecule has 27 heavy (non-hydrogen) atoms. The number of carboxylic acid groups (broad SMARTS) is 1. The zero-order valence-electron chi connectivity index (χ0n) is 15.1. The van der Waals surface area contributed by atoms with Gasteiger partial charge in [-0.1, -0.05) is 18.2 Å². The molecule has 0 unspecified atom stereocenters. The largest absolute Gasteiger partial charge is 0.481 e. The second-order valence-corrected chi connectivity index (χ2v) is 6.94. The number of aliphatic carboxylic acids is 1. The molecular formula is C20H22FN3O3. The first-order valence-electron chi connectivity index (χ1n) is 8.77. The highest BCUT2D eigenvalue weighted by Crippen LogP contribution is 2.33. The number of carboxylic acids is 1. The van der Waals surface area contributed by atoms with Gasteiger partial charge in [0.05, 0.1) is 12.5 Å². The number of likely N-dealkylation sites (tertiary alicyclic amines) is 1. The van der Waals surface area contributed by atoms with E-state index in [2.05, 4.69) is 4.98 Å². The molecule has 1 aromatic heterocycles. The lowest BCUT2D eigenvalue weighted by Gasteiger charge is -2.21. The first-order valence-corrected chi connectivity index (χ1v) is 8.77. The van der Waals surface area contributed by atoms with Crippen LogP contribution in [-0.4, -0.2) is 58.4 Å². The second kappa shape index (κ2) is 8.26. The third kappa shape index (κ3) is 4.68. The van der Waals surface area contributed by atoms with Gasteiger partial charge in [0, 0.05) is 37.9 Å². The van der Waals surface area contributed by atoms with Crippen molar-refractivity contribution in [2.24, 2.45) is 5.92 Å². The molecular weight excluding hydrogens is 349 g/mol. The summed E-state index contributed by atoms with van der Waals surface area (Å²) in [6.45, 7) is 1.16. The number of benzene rings is 1. The van der Waals surface area contributed by atoms with E-state index in [1.54, 1.807) is 29.4 Å². The number of halogens is 1. The molecule has 1 fully saturated rings. The van der Waals surface area contributed by atoms with Gasteiger partial charge in [-0.25, -0.2) is 4.39 Å². The van der Waals surface area contributed by atoms with E-state index in [4.69, 9.17) is 0 Å². The molecule has 1 saturated heterocycles. The summed E-state index contributed by atoms with van der Waals surface area (Å²) in [6.07, 6.45) is 3.44. The molecule has 2 heterocycles. The van der Waals surface area contributed by atoms with Gasteiger partial charge in [0.15, 0.2) is 0 Å². The van der Waals surface area contributed by atoms with Crippen LogP contribution in [-0.2, 0) is 16.1 Å². The minimum atomic E-state index is -0.969. The highest BCUT2D eigenvalue weighted by molar-refractivity contribution is 5.81. The van der Waals surface area contributed by atoms with E-state index in [9.17, 15) is 19.1 Å². The molecule has 142 valence electrons. The number of amides is 1. The van der Waals surface area contributed by atoms with E-state index in [-0.39, 0.29) is 25.5 Å². The Balaban J connectivity index is 1.66. The summed E-state index contributed by atoms with van der Waals surface area (Å²) in [5.74, 6) is -2.66. The summed E-state index contributed by atoms with van der Waals surface area (Å²) in [7, 11) is 1.83. The van der Waals surface area contributed by atoms with Crippen LogP contribution in [0.1, 0.15) is 17.0 Å². The normalized spacial score (nSPS) is 19.4. The number of hydrogen-bond acceptors (Lipinski definition) is 4. The van der Waals surface area contributed by atoms with Crippen molar-refractivity contribution < 1.29 is 19.1 Å². The number of hydrogen-bond donors (Lipinski definition) is 1. The Morgan fingerprint density at radius 3 is 2.78 bits per heavy atom. The fraction of sp³-hybridized carbons (Fsp3) is 0.350. The standard InChI is InChI=1S/C20H22FN3O3/c1-23(10-14-4-3-7-22-9-14)13-19(25)24-11-17(18(12-24)20(26)27)15-5-2-6-16(21)8-15/h2-9,17-18H,10-13H2,1H3,(H,26,27)/t17-,18+/m0/s1. The van der Waals surface area contributed by atoms with Crippen molar-refractivity contribution in [1.29, 1.82) is 0 Å². The molecule has 1 aliphatic rings. The summed E-state index contributed by atoms with van der Waals surface area (Å²) in [5, 5.41) is 9.54. The Labute approximate surface area is 157 Å². The number of carbonyl (C=O) groups is 2. The number of pyridine rings is 1. The Hall–Kier alpha value is -2.80. The topological polar surface area (TPSA) is 73.7 Å². The van der Waals surface area contributed by atoms with E-state index in [0.29, 0.717) is 12.1 Å². The van der Waals surface area contributed by atoms with Crippen molar-refractivity contribution in [3.8, 4) is 0 Å². The van der Waals surface area contributed by atoms with E-state index >= 15 is 0 Å². The lowest BCUT2D eigenvalue weighted by Crippen LogP contribution is -2.38. The monoisotopic (exact) mass is 371 g/mol. The third-order valence-corrected chi connectivity index (χ3v) is 4.85. The molecule has 1 aliphatic heterocycles. The number of rotatable bonds is 6. The Morgan fingerprint density at radius 2 is 2.11 bits per heavy atom. The highest BCUT2D eigenvalue weighted by Gasteiger charge is 2.40. The fourth-order valence-electron chi connectivity index (χ4n) is 3.52. The molecule has 2 aromatic rings. The molecule has 1 amide bonds. The molecule has 0 saturated carbocycles. The first kappa shape index (κ1) is 19.0. The van der Waals surface area contributed by atoms with Crippen LogP contribution in [0.2, 0.25) is 0 Å². The fourth-order valence-corrected chi connectivity index (χ4v) is 3.52. The van der Waals surface area contributed by atoms with E-state index in [1.807, 2.05) is 24.1 Å². The van der Waals surface area contributed by atoms with Gasteiger partial charge < -0.3 is 10.0 Å². The third-order valence-electron chi connectivity index (χ3n) is 4.85. The molecule has 1 aromatic carbocycles. The molecule has 0 spiro atoms. The van der Waals surface area contributed by atoms with Crippen molar-refractivity contribution in [3.05, 3.63) is 65.7 Å². The van der Waals surface area contributed by atoms with Crippen molar-refractivity contribution in [1.82, 2.24) is 14.8 Å². The van der Waals surface area contributed by atoms with Gasteiger partial charge in [-0.15, -0.1) is 0 Å². The van der Waals surface area contributed by atoms with Crippen LogP contribution in [0.3, 0.4) is 0 Å². The lowest BCUT2D eigenvalue weighted by atomic mass is 9.89. The number of carbonyl (C=O) groups excluding carboxylic acids is 1. The van der Waals surface area contributed by atoms with Gasteiger partial charge in [-0.3, -0.25) is 19.5 Å². The van der Waals surface area contributed by atoms with Gasteiger partial charge >= 0.3 is 5.97 Å². The number of aromatic nitrogens is 1. The summed E-state index contributed by atoms with van der Waals surface area (Å²) in [4.78, 5) is 31.8. The van der Waals surface area contributed by atoms with Crippen LogP contribution in [0.5, 0.6) is 0 Å². The first-order chi connectivity index (χ1) is 12.9. The van der Waals surface area contributed by atoms with Gasteiger partial charge in [0.2, 0.25) is 5.91 Å². The van der Waals surface area contributed by atoms with Gasteiger partial charge in [0.1, 0.15) is 5.82 Å². The smallest absolute Gasteiger partial charge is 0.308 e. The number of likely N-dealkylation sites (N-methyl/N-ethyl adjacent to an activating group) is 1. The Morgan fingerprint density at radius 1 is 1.30 bits per heavy atom. The zero-order chi connectivity index (χ0) is 19.4. The average Bonchev–Trinajstić information content (AvgIpc) is 3.08. The predicted molar refractivity (Wildman–Crippen MR) is 97.4 cm³/mol. The highest BCUT2D eigenvalue weighted by atomic mass is 19.1. The van der Waals surface area contributed by atoms with E-state index in [1.165, 1.54) is 12.1 Å². The van der Waals surface area contributed by atoms with Crippen LogP contribution in [0.25, 0.3) is 0 Å². The van der Waals surface area contributed by atoms with Gasteiger partial charge in [-0.05, 0) is 36.4 Å². The summed E-state index contributed by atoms with van der Waals surface area (Å²) in [5.41, 5.74) is 1.61. The number of nitrogens with zero attached hydrogens (tertiary/aromatic N) is 3. The SMILES string of the molecule is CN(CC(=O)N1C[C@@H](C(=O)O)[C@H](c2cccc(F)c2)C1)Cc1cccnc1. The van der Waals surface area contributed by atoms with Crippen molar-refractivity contribution in [2.45, 2.75) is 12.5 Å². The maximum atomic E-state index is 13.5. The van der Waals surface area contributed by atoms with Crippen LogP contribution in [0.15, 0.2) is 48.8 Å². The zero-order valence-corrected chi connectivity index (χ0v) is 15.1. The molecule has 2 atom stereocenters. The Bertz CT molecular complexity index is 815. The quantitative estimate of drug-likeness (QED) is 0.841. The van der Waals surface area contributed by atoms with Gasteiger partial charge in [0.25, 0.3) is 0 Å². The van der Waals surface area contributed by atoms with Crippen LogP contribution < -0.4 is 0 Å². The maximum Gasteiger partial charge on any atom is 0.308 e. The summed E-state index contributed by atoms with van der Waals surface area (Å²) >= 11 is 0. The minimum absolute atomic E-state index is 0.133. The summed E-state index contributed by atoms with van der Waals surface area (Å²) in [6, 6.07) is 9.73. The maximum absolute atomic E-state index is 13.5. The molecule has 3 rings (SSSR count). The van der Waals surface area contributed by atoms with Crippen LogP contribution >= 0.6 is 0 Å². The molecule has 0 bridgehead atoms. The Kier molecular flexibility index (Phi) is 5.81. The predicted octanol–water partition coefficient (Wildman–Crippen LogP) is 1.98. The second-order valence-electron chi connectivity index (χ2n) is 6.94. The van der Waals surface area contributed by atoms with Gasteiger partial charge in [-0.2, -0.15) is 0 Å². The van der Waals surface area contributed by atoms with Crippen LogP contribution in [0, 0.1) is 11.7 Å². The molecule has 7 heteroatoms.